The standard InChI is InChI=1S/C31H39FN4O7/c32-22-11-8-9-20(15-22)18-33-43-24-16-26-27(37)35-31(29(39)40)17-21(31)10-4-2-1-3-5-14-25(28(38)36(26)19-24)34-30(41)42-23-12-6-7-13-23/h4,8-11,15,18,21,23-26H,1-3,5-7,12-14,16-17,19H2,(H,34,41)(H,35,37)(H,39,40)/b10-4-,33-18+/t21-,24-,25+,26+,31?/m1/s1. The quantitative estimate of drug-likeness (QED) is 0.257. The molecule has 0 radical (unpaired) electrons. The minimum atomic E-state index is -1.43. The molecule has 3 fully saturated rings. The highest BCUT2D eigenvalue weighted by atomic mass is 19.1. The monoisotopic (exact) mass is 598 g/mol. The van der Waals surface area contributed by atoms with Gasteiger partial charge in [-0.05, 0) is 69.1 Å². The number of benzene rings is 1. The molecule has 3 amide bonds. The normalized spacial score (nSPS) is 30.9. The summed E-state index contributed by atoms with van der Waals surface area (Å²) in [5.74, 6) is -2.96. The molecule has 11 nitrogen and oxygen atoms in total. The third kappa shape index (κ3) is 7.52. The molecule has 43 heavy (non-hydrogen) atoms. The van der Waals surface area contributed by atoms with Crippen molar-refractivity contribution >= 4 is 30.1 Å². The Morgan fingerprint density at radius 2 is 1.91 bits per heavy atom. The number of carbonyl (C=O) groups is 4. The van der Waals surface area contributed by atoms with Crippen molar-refractivity contribution in [2.24, 2.45) is 11.1 Å². The van der Waals surface area contributed by atoms with Crippen LogP contribution in [-0.2, 0) is 24.0 Å². The van der Waals surface area contributed by atoms with Gasteiger partial charge in [0.25, 0.3) is 0 Å². The minimum absolute atomic E-state index is 0.00331. The molecule has 232 valence electrons. The van der Waals surface area contributed by atoms with Crippen LogP contribution in [0.1, 0.15) is 76.2 Å². The largest absolute Gasteiger partial charge is 0.479 e. The molecular weight excluding hydrogens is 559 g/mol. The molecule has 3 N–H and O–H groups in total. The van der Waals surface area contributed by atoms with Gasteiger partial charge in [0.2, 0.25) is 11.8 Å². The zero-order chi connectivity index (χ0) is 30.4. The molecular formula is C31H39FN4O7. The van der Waals surface area contributed by atoms with Crippen molar-refractivity contribution in [1.82, 2.24) is 15.5 Å². The molecule has 0 spiro atoms. The Morgan fingerprint density at radius 1 is 1.12 bits per heavy atom. The second-order valence-electron chi connectivity index (χ2n) is 11.9. The lowest BCUT2D eigenvalue weighted by Gasteiger charge is -2.29. The van der Waals surface area contributed by atoms with Crippen LogP contribution in [0, 0.1) is 11.7 Å². The fourth-order valence-corrected chi connectivity index (χ4v) is 6.24. The van der Waals surface area contributed by atoms with Crippen molar-refractivity contribution in [2.75, 3.05) is 6.54 Å². The maximum absolute atomic E-state index is 14.0. The van der Waals surface area contributed by atoms with Gasteiger partial charge in [-0.3, -0.25) is 9.59 Å². The second-order valence-corrected chi connectivity index (χ2v) is 11.9. The third-order valence-electron chi connectivity index (χ3n) is 8.75. The van der Waals surface area contributed by atoms with Crippen LogP contribution in [0.15, 0.2) is 41.6 Å². The first-order chi connectivity index (χ1) is 20.7. The van der Waals surface area contributed by atoms with Crippen molar-refractivity contribution in [3.8, 4) is 0 Å². The van der Waals surface area contributed by atoms with E-state index in [0.717, 1.165) is 44.9 Å². The SMILES string of the molecule is O=C(N[C@H]1CCCCC/C=C\[C@@H]2CC2(C(=O)O)NC(=O)[C@@H]2C[C@@H](O/N=C/c3cccc(F)c3)CN2C1=O)OC1CCCC1. The van der Waals surface area contributed by atoms with E-state index in [0.29, 0.717) is 18.4 Å². The molecule has 1 aromatic rings. The molecule has 0 aromatic heterocycles. The van der Waals surface area contributed by atoms with Crippen LogP contribution in [0.5, 0.6) is 0 Å². The van der Waals surface area contributed by atoms with Crippen molar-refractivity contribution < 1.29 is 38.2 Å². The number of carboxylic acids is 1. The van der Waals surface area contributed by atoms with Gasteiger partial charge < -0.3 is 30.2 Å². The maximum Gasteiger partial charge on any atom is 0.408 e. The van der Waals surface area contributed by atoms with E-state index < -0.39 is 53.4 Å². The minimum Gasteiger partial charge on any atom is -0.479 e. The molecule has 4 aliphatic rings. The highest BCUT2D eigenvalue weighted by molar-refractivity contribution is 5.96. The molecule has 1 unspecified atom stereocenters. The number of allylic oxidation sites excluding steroid dienone is 1. The van der Waals surface area contributed by atoms with E-state index in [1.807, 2.05) is 12.2 Å². The second kappa shape index (κ2) is 13.6. The number of hydrogen-bond acceptors (Lipinski definition) is 7. The van der Waals surface area contributed by atoms with E-state index in [1.54, 1.807) is 6.07 Å². The Labute approximate surface area is 249 Å². The predicted molar refractivity (Wildman–Crippen MR) is 153 cm³/mol. The van der Waals surface area contributed by atoms with Gasteiger partial charge in [-0.2, -0.15) is 0 Å². The molecule has 2 saturated carbocycles. The Hall–Kier alpha value is -3.96. The molecule has 5 atom stereocenters. The smallest absolute Gasteiger partial charge is 0.408 e. The van der Waals surface area contributed by atoms with Crippen molar-refractivity contribution in [3.63, 3.8) is 0 Å². The lowest BCUT2D eigenvalue weighted by molar-refractivity contribution is -0.145. The topological polar surface area (TPSA) is 147 Å². The molecule has 2 aliphatic carbocycles. The number of oxime groups is 1. The van der Waals surface area contributed by atoms with E-state index in [9.17, 15) is 28.7 Å². The zero-order valence-electron chi connectivity index (χ0n) is 24.1. The number of amides is 3. The molecule has 2 aliphatic heterocycles. The molecule has 1 aromatic carbocycles. The number of ether oxygens (including phenoxy) is 1. The lowest BCUT2D eigenvalue weighted by atomic mass is 10.0. The number of alkyl carbamates (subject to hydrolysis) is 1. The number of rotatable bonds is 6. The summed E-state index contributed by atoms with van der Waals surface area (Å²) in [5, 5.41) is 19.4. The van der Waals surface area contributed by atoms with Gasteiger partial charge in [0.15, 0.2) is 0 Å². The van der Waals surface area contributed by atoms with Crippen LogP contribution in [0.4, 0.5) is 9.18 Å². The first-order valence-electron chi connectivity index (χ1n) is 15.2. The van der Waals surface area contributed by atoms with Gasteiger partial charge in [-0.25, -0.2) is 14.0 Å². The summed E-state index contributed by atoms with van der Waals surface area (Å²) in [6.45, 7) is -0.00331. The van der Waals surface area contributed by atoms with Gasteiger partial charge in [0.05, 0.1) is 12.8 Å². The van der Waals surface area contributed by atoms with Crippen molar-refractivity contribution in [3.05, 3.63) is 47.8 Å². The highest BCUT2D eigenvalue weighted by Crippen LogP contribution is 2.45. The van der Waals surface area contributed by atoms with E-state index in [-0.39, 0.29) is 31.4 Å². The number of nitrogens with zero attached hydrogens (tertiary/aromatic N) is 2. The Balaban J connectivity index is 1.35. The van der Waals surface area contributed by atoms with E-state index in [4.69, 9.17) is 9.57 Å². The van der Waals surface area contributed by atoms with E-state index in [2.05, 4.69) is 15.8 Å². The highest BCUT2D eigenvalue weighted by Gasteiger charge is 2.61. The summed E-state index contributed by atoms with van der Waals surface area (Å²) in [6, 6.07) is 3.82. The summed E-state index contributed by atoms with van der Waals surface area (Å²) >= 11 is 0. The number of carbonyl (C=O) groups excluding carboxylic acids is 3. The van der Waals surface area contributed by atoms with Crippen LogP contribution in [0.25, 0.3) is 0 Å². The van der Waals surface area contributed by atoms with Crippen LogP contribution >= 0.6 is 0 Å². The fraction of sp³-hybridized carbons (Fsp3) is 0.581. The molecule has 5 rings (SSSR count). The molecule has 1 saturated heterocycles. The summed E-state index contributed by atoms with van der Waals surface area (Å²) in [4.78, 5) is 59.6. The van der Waals surface area contributed by atoms with Gasteiger partial charge in [0.1, 0.15) is 35.6 Å². The first-order valence-corrected chi connectivity index (χ1v) is 15.2. The Kier molecular flexibility index (Phi) is 9.62. The van der Waals surface area contributed by atoms with Crippen LogP contribution in [-0.4, -0.2) is 76.5 Å². The van der Waals surface area contributed by atoms with E-state index >= 15 is 0 Å². The number of carboxylic acid groups (broad SMARTS) is 1. The first kappa shape index (κ1) is 30.5. The fourth-order valence-electron chi connectivity index (χ4n) is 6.24. The number of nitrogens with one attached hydrogen (secondary N) is 2. The summed E-state index contributed by atoms with van der Waals surface area (Å²) in [6.07, 6.45) is 10.9. The third-order valence-corrected chi connectivity index (χ3v) is 8.75. The van der Waals surface area contributed by atoms with Gasteiger partial charge >= 0.3 is 12.1 Å². The maximum atomic E-state index is 14.0. The Bertz CT molecular complexity index is 1270. The number of hydrogen-bond donors (Lipinski definition) is 3. The lowest BCUT2D eigenvalue weighted by Crippen LogP contribution is -2.56. The summed E-state index contributed by atoms with van der Waals surface area (Å²) in [7, 11) is 0. The van der Waals surface area contributed by atoms with Crippen LogP contribution < -0.4 is 10.6 Å². The number of fused-ring (bicyclic) bond motifs is 2. The Morgan fingerprint density at radius 3 is 2.67 bits per heavy atom. The van der Waals surface area contributed by atoms with Crippen LogP contribution in [0.2, 0.25) is 0 Å². The van der Waals surface area contributed by atoms with Crippen molar-refractivity contribution in [2.45, 2.75) is 100 Å². The molecule has 2 heterocycles. The summed E-state index contributed by atoms with van der Waals surface area (Å²) in [5.41, 5.74) is -0.956. The zero-order valence-corrected chi connectivity index (χ0v) is 24.1. The number of aliphatic carboxylic acids is 1. The van der Waals surface area contributed by atoms with Gasteiger partial charge in [0, 0.05) is 12.3 Å². The van der Waals surface area contributed by atoms with Crippen molar-refractivity contribution in [1.29, 1.82) is 0 Å². The van der Waals surface area contributed by atoms with Crippen LogP contribution in [0.3, 0.4) is 0 Å². The van der Waals surface area contributed by atoms with Gasteiger partial charge in [-0.15, -0.1) is 0 Å². The molecule has 0 bridgehead atoms. The predicted octanol–water partition coefficient (Wildman–Crippen LogP) is 3.66. The van der Waals surface area contributed by atoms with E-state index in [1.165, 1.54) is 29.3 Å². The summed E-state index contributed by atoms with van der Waals surface area (Å²) < 4.78 is 19.1. The average Bonchev–Trinajstić information content (AvgIpc) is 3.26. The molecule has 12 heteroatoms. The number of halogens is 1. The average molecular weight is 599 g/mol. The van der Waals surface area contributed by atoms with Gasteiger partial charge in [-0.1, -0.05) is 42.3 Å².